The molecular formula is C13H12O2S. The Labute approximate surface area is 97.5 Å². The van der Waals surface area contributed by atoms with Gasteiger partial charge in [0.1, 0.15) is 4.88 Å². The molecule has 1 aromatic carbocycles. The Bertz CT molecular complexity index is 595. The van der Waals surface area contributed by atoms with E-state index < -0.39 is 5.97 Å². The third-order valence-electron chi connectivity index (χ3n) is 3.34. The van der Waals surface area contributed by atoms with Crippen molar-refractivity contribution < 1.29 is 9.90 Å². The Morgan fingerprint density at radius 2 is 2.00 bits per heavy atom. The van der Waals surface area contributed by atoms with Crippen LogP contribution in [0, 0.1) is 6.92 Å². The summed E-state index contributed by atoms with van der Waals surface area (Å²) in [6.07, 6.45) is 3.52. The molecule has 0 aliphatic heterocycles. The number of rotatable bonds is 1. The van der Waals surface area contributed by atoms with Gasteiger partial charge in [0.15, 0.2) is 0 Å². The van der Waals surface area contributed by atoms with E-state index in [0.717, 1.165) is 28.5 Å². The zero-order chi connectivity index (χ0) is 11.3. The molecule has 0 unspecified atom stereocenters. The third kappa shape index (κ3) is 1.28. The van der Waals surface area contributed by atoms with Crippen molar-refractivity contribution in [3.8, 4) is 0 Å². The number of fused-ring (bicyclic) bond motifs is 2. The van der Waals surface area contributed by atoms with Crippen molar-refractivity contribution in [3.05, 3.63) is 33.7 Å². The van der Waals surface area contributed by atoms with Gasteiger partial charge in [-0.25, -0.2) is 4.79 Å². The first kappa shape index (κ1) is 9.85. The number of carboxylic acid groups (broad SMARTS) is 1. The topological polar surface area (TPSA) is 37.3 Å². The largest absolute Gasteiger partial charge is 0.477 e. The summed E-state index contributed by atoms with van der Waals surface area (Å²) in [5, 5.41) is 10.2. The second kappa shape index (κ2) is 3.32. The monoisotopic (exact) mass is 232 g/mol. The van der Waals surface area contributed by atoms with Crippen molar-refractivity contribution in [2.24, 2.45) is 0 Å². The summed E-state index contributed by atoms with van der Waals surface area (Å²) in [7, 11) is 0. The number of hydrogen-bond acceptors (Lipinski definition) is 2. The lowest BCUT2D eigenvalue weighted by atomic mass is 10.1. The highest BCUT2D eigenvalue weighted by atomic mass is 32.1. The van der Waals surface area contributed by atoms with Gasteiger partial charge in [0.25, 0.3) is 0 Å². The van der Waals surface area contributed by atoms with Gasteiger partial charge in [-0.3, -0.25) is 0 Å². The number of benzene rings is 1. The molecule has 1 heterocycles. The summed E-state index contributed by atoms with van der Waals surface area (Å²) in [6, 6.07) is 4.37. The van der Waals surface area contributed by atoms with Crippen molar-refractivity contribution in [2.45, 2.75) is 26.2 Å². The van der Waals surface area contributed by atoms with Crippen LogP contribution in [-0.2, 0) is 12.8 Å². The van der Waals surface area contributed by atoms with E-state index in [0.29, 0.717) is 4.88 Å². The summed E-state index contributed by atoms with van der Waals surface area (Å²) < 4.78 is 1.12. The van der Waals surface area contributed by atoms with Crippen LogP contribution < -0.4 is 0 Å². The Morgan fingerprint density at radius 3 is 2.69 bits per heavy atom. The molecule has 16 heavy (non-hydrogen) atoms. The number of thiophene rings is 1. The Hall–Kier alpha value is -1.35. The average molecular weight is 232 g/mol. The van der Waals surface area contributed by atoms with E-state index in [-0.39, 0.29) is 0 Å². The van der Waals surface area contributed by atoms with Gasteiger partial charge in [-0.15, -0.1) is 11.3 Å². The van der Waals surface area contributed by atoms with E-state index in [1.165, 1.54) is 28.9 Å². The van der Waals surface area contributed by atoms with Gasteiger partial charge in [-0.05, 0) is 60.4 Å². The zero-order valence-electron chi connectivity index (χ0n) is 9.04. The fourth-order valence-corrected chi connectivity index (χ4v) is 3.59. The molecule has 0 saturated heterocycles. The lowest BCUT2D eigenvalue weighted by Gasteiger charge is -1.99. The number of aromatic carboxylic acids is 1. The summed E-state index contributed by atoms with van der Waals surface area (Å²) in [4.78, 5) is 11.5. The predicted octanol–water partition coefficient (Wildman–Crippen LogP) is 3.40. The molecule has 3 heteroatoms. The van der Waals surface area contributed by atoms with Crippen LogP contribution in [0.2, 0.25) is 0 Å². The molecule has 2 nitrogen and oxygen atoms in total. The van der Waals surface area contributed by atoms with Crippen LogP contribution in [0.25, 0.3) is 10.1 Å². The quantitative estimate of drug-likeness (QED) is 0.818. The Morgan fingerprint density at radius 1 is 1.31 bits per heavy atom. The minimum absolute atomic E-state index is 0.485. The molecule has 82 valence electrons. The SMILES string of the molecule is Cc1c(C(=O)O)sc2cc3c(cc12)CCC3. The highest BCUT2D eigenvalue weighted by Crippen LogP contribution is 2.35. The number of carbonyl (C=O) groups is 1. The number of aryl methyl sites for hydroxylation is 3. The van der Waals surface area contributed by atoms with Gasteiger partial charge >= 0.3 is 5.97 Å². The van der Waals surface area contributed by atoms with E-state index in [1.54, 1.807) is 0 Å². The number of hydrogen-bond donors (Lipinski definition) is 1. The maximum atomic E-state index is 11.1. The summed E-state index contributed by atoms with van der Waals surface area (Å²) >= 11 is 1.40. The number of carboxylic acids is 1. The van der Waals surface area contributed by atoms with Gasteiger partial charge in [-0.2, -0.15) is 0 Å². The average Bonchev–Trinajstić information content (AvgIpc) is 2.80. The smallest absolute Gasteiger partial charge is 0.346 e. The van der Waals surface area contributed by atoms with Gasteiger partial charge in [0.2, 0.25) is 0 Å². The maximum Gasteiger partial charge on any atom is 0.346 e. The molecule has 1 aliphatic rings. The third-order valence-corrected chi connectivity index (χ3v) is 4.59. The molecule has 1 aromatic heterocycles. The molecule has 2 aromatic rings. The van der Waals surface area contributed by atoms with E-state index >= 15 is 0 Å². The molecule has 0 amide bonds. The minimum Gasteiger partial charge on any atom is -0.477 e. The van der Waals surface area contributed by atoms with Crippen molar-refractivity contribution in [1.29, 1.82) is 0 Å². The van der Waals surface area contributed by atoms with Crippen molar-refractivity contribution in [2.75, 3.05) is 0 Å². The van der Waals surface area contributed by atoms with Crippen LogP contribution in [0.3, 0.4) is 0 Å². The van der Waals surface area contributed by atoms with Crippen LogP contribution in [0.5, 0.6) is 0 Å². The first-order chi connectivity index (χ1) is 7.66. The summed E-state index contributed by atoms with van der Waals surface area (Å²) in [5.41, 5.74) is 3.73. The molecule has 1 N–H and O–H groups in total. The second-order valence-corrected chi connectivity index (χ2v) is 5.38. The lowest BCUT2D eigenvalue weighted by molar-refractivity contribution is 0.0701. The summed E-state index contributed by atoms with van der Waals surface area (Å²) in [5.74, 6) is -0.807. The molecular weight excluding hydrogens is 220 g/mol. The van der Waals surface area contributed by atoms with Crippen LogP contribution in [-0.4, -0.2) is 11.1 Å². The highest BCUT2D eigenvalue weighted by Gasteiger charge is 2.18. The van der Waals surface area contributed by atoms with Crippen LogP contribution in [0.4, 0.5) is 0 Å². The molecule has 0 bridgehead atoms. The van der Waals surface area contributed by atoms with Crippen molar-refractivity contribution >= 4 is 27.4 Å². The van der Waals surface area contributed by atoms with Gasteiger partial charge in [0.05, 0.1) is 0 Å². The van der Waals surface area contributed by atoms with Crippen molar-refractivity contribution in [1.82, 2.24) is 0 Å². The van der Waals surface area contributed by atoms with E-state index in [4.69, 9.17) is 5.11 Å². The fraction of sp³-hybridized carbons (Fsp3) is 0.308. The lowest BCUT2D eigenvalue weighted by Crippen LogP contribution is -1.93. The van der Waals surface area contributed by atoms with Gasteiger partial charge < -0.3 is 5.11 Å². The predicted molar refractivity (Wildman–Crippen MR) is 65.5 cm³/mol. The zero-order valence-corrected chi connectivity index (χ0v) is 9.86. The minimum atomic E-state index is -0.807. The second-order valence-electron chi connectivity index (χ2n) is 4.33. The standard InChI is InChI=1S/C13H12O2S/c1-7-10-5-8-3-2-4-9(8)6-11(10)16-12(7)13(14)15/h5-6H,2-4H2,1H3,(H,14,15). The van der Waals surface area contributed by atoms with Gasteiger partial charge in [-0.1, -0.05) is 0 Å². The summed E-state index contributed by atoms with van der Waals surface area (Å²) in [6.45, 7) is 1.91. The maximum absolute atomic E-state index is 11.1. The Balaban J connectivity index is 2.32. The normalized spacial score (nSPS) is 14.3. The molecule has 0 saturated carbocycles. The molecule has 0 spiro atoms. The van der Waals surface area contributed by atoms with E-state index in [2.05, 4.69) is 12.1 Å². The van der Waals surface area contributed by atoms with E-state index in [1.807, 2.05) is 6.92 Å². The van der Waals surface area contributed by atoms with E-state index in [9.17, 15) is 4.79 Å². The molecule has 3 rings (SSSR count). The van der Waals surface area contributed by atoms with Crippen molar-refractivity contribution in [3.63, 3.8) is 0 Å². The van der Waals surface area contributed by atoms with Crippen LogP contribution in [0.15, 0.2) is 12.1 Å². The molecule has 1 aliphatic carbocycles. The Kier molecular flexibility index (Phi) is 2.04. The first-order valence-corrected chi connectivity index (χ1v) is 6.26. The van der Waals surface area contributed by atoms with Gasteiger partial charge in [0, 0.05) is 4.70 Å². The molecule has 0 atom stereocenters. The van der Waals surface area contributed by atoms with Crippen LogP contribution >= 0.6 is 11.3 Å². The van der Waals surface area contributed by atoms with Crippen LogP contribution in [0.1, 0.15) is 32.8 Å². The fourth-order valence-electron chi connectivity index (χ4n) is 2.49. The highest BCUT2D eigenvalue weighted by molar-refractivity contribution is 7.21. The first-order valence-electron chi connectivity index (χ1n) is 5.45. The molecule has 0 radical (unpaired) electrons. The molecule has 0 fully saturated rings.